The Morgan fingerprint density at radius 3 is 2.65 bits per heavy atom. The van der Waals surface area contributed by atoms with Gasteiger partial charge in [-0.1, -0.05) is 25.5 Å². The number of hydrogen-bond acceptors (Lipinski definition) is 4. The first-order valence-electron chi connectivity index (χ1n) is 9.41. The molecule has 0 bridgehead atoms. The predicted molar refractivity (Wildman–Crippen MR) is 104 cm³/mol. The summed E-state index contributed by atoms with van der Waals surface area (Å²) in [6.45, 7) is 6.12. The van der Waals surface area contributed by atoms with E-state index < -0.39 is 5.60 Å². The summed E-state index contributed by atoms with van der Waals surface area (Å²) in [4.78, 5) is 30.0. The maximum Gasteiger partial charge on any atom is 0.410 e. The third-order valence-electron chi connectivity index (χ3n) is 5.53. The lowest BCUT2D eigenvalue weighted by Crippen LogP contribution is -2.49. The van der Waals surface area contributed by atoms with Crippen LogP contribution in [0.3, 0.4) is 0 Å². The Kier molecular flexibility index (Phi) is 5.80. The van der Waals surface area contributed by atoms with Crippen molar-refractivity contribution in [3.8, 4) is 0 Å². The summed E-state index contributed by atoms with van der Waals surface area (Å²) in [6.07, 6.45) is 5.25. The number of amides is 2. The number of benzene rings is 1. The van der Waals surface area contributed by atoms with Crippen LogP contribution in [0, 0.1) is 0 Å². The van der Waals surface area contributed by atoms with E-state index in [9.17, 15) is 9.59 Å². The summed E-state index contributed by atoms with van der Waals surface area (Å²) in [5, 5.41) is 0. The van der Waals surface area contributed by atoms with E-state index in [1.165, 1.54) is 0 Å². The zero-order valence-electron chi connectivity index (χ0n) is 15.9. The van der Waals surface area contributed by atoms with Gasteiger partial charge in [0.15, 0.2) is 0 Å². The molecular formula is C20H28N2O3S. The highest BCUT2D eigenvalue weighted by atomic mass is 32.2. The summed E-state index contributed by atoms with van der Waals surface area (Å²) < 4.78 is 5.79. The monoisotopic (exact) mass is 376 g/mol. The van der Waals surface area contributed by atoms with Gasteiger partial charge in [0.2, 0.25) is 0 Å². The molecule has 0 N–H and O–H groups in total. The van der Waals surface area contributed by atoms with E-state index in [1.54, 1.807) is 11.8 Å². The molecule has 1 spiro atoms. The second-order valence-corrected chi connectivity index (χ2v) is 8.16. The van der Waals surface area contributed by atoms with Crippen LogP contribution in [0.25, 0.3) is 0 Å². The highest BCUT2D eigenvalue weighted by Gasteiger charge is 2.48. The molecule has 2 heterocycles. The van der Waals surface area contributed by atoms with Crippen LogP contribution in [0.15, 0.2) is 29.2 Å². The van der Waals surface area contributed by atoms with Crippen LogP contribution >= 0.6 is 11.8 Å². The summed E-state index contributed by atoms with van der Waals surface area (Å²) in [5.41, 5.74) is 0.340. The highest BCUT2D eigenvalue weighted by Crippen LogP contribution is 2.35. The standard InChI is InChI=1S/C20H28N2O3S/c1-4-7-15(2)22-14-20(25-19(22)24)10-12-21(13-11-20)18(23)16-8-5-6-9-17(16)26-3/h5-6,8-9,15H,4,7,10-14H2,1-3H3/t15-/m1/s1. The van der Waals surface area contributed by atoms with Crippen LogP contribution in [0.5, 0.6) is 0 Å². The molecule has 2 saturated heterocycles. The first-order valence-corrected chi connectivity index (χ1v) is 10.6. The van der Waals surface area contributed by atoms with Crippen LogP contribution < -0.4 is 0 Å². The van der Waals surface area contributed by atoms with E-state index in [0.717, 1.165) is 23.3 Å². The zero-order valence-corrected chi connectivity index (χ0v) is 16.7. The molecule has 142 valence electrons. The fourth-order valence-corrected chi connectivity index (χ4v) is 4.52. The van der Waals surface area contributed by atoms with Gasteiger partial charge < -0.3 is 14.5 Å². The molecule has 5 nitrogen and oxygen atoms in total. The summed E-state index contributed by atoms with van der Waals surface area (Å²) in [7, 11) is 0. The van der Waals surface area contributed by atoms with Crippen molar-refractivity contribution >= 4 is 23.8 Å². The number of thioether (sulfide) groups is 1. The van der Waals surface area contributed by atoms with Crippen molar-refractivity contribution in [3.05, 3.63) is 29.8 Å². The maximum atomic E-state index is 12.9. The highest BCUT2D eigenvalue weighted by molar-refractivity contribution is 7.98. The van der Waals surface area contributed by atoms with Gasteiger partial charge >= 0.3 is 6.09 Å². The first kappa shape index (κ1) is 19.1. The van der Waals surface area contributed by atoms with E-state index >= 15 is 0 Å². The zero-order chi connectivity index (χ0) is 18.7. The smallest absolute Gasteiger partial charge is 0.410 e. The van der Waals surface area contributed by atoms with E-state index in [1.807, 2.05) is 40.3 Å². The van der Waals surface area contributed by atoms with Crippen molar-refractivity contribution in [2.75, 3.05) is 25.9 Å². The number of carbonyl (C=O) groups is 2. The van der Waals surface area contributed by atoms with Crippen molar-refractivity contribution in [3.63, 3.8) is 0 Å². The third kappa shape index (κ3) is 3.70. The fourth-order valence-electron chi connectivity index (χ4n) is 3.93. The number of likely N-dealkylation sites (tertiary alicyclic amines) is 1. The average molecular weight is 377 g/mol. The van der Waals surface area contributed by atoms with E-state index in [-0.39, 0.29) is 18.0 Å². The molecule has 3 rings (SSSR count). The molecule has 2 aliphatic heterocycles. The van der Waals surface area contributed by atoms with Crippen molar-refractivity contribution < 1.29 is 14.3 Å². The largest absolute Gasteiger partial charge is 0.441 e. The molecular weight excluding hydrogens is 348 g/mol. The second-order valence-electron chi connectivity index (χ2n) is 7.31. The molecule has 0 radical (unpaired) electrons. The molecule has 1 atom stereocenters. The van der Waals surface area contributed by atoms with Gasteiger partial charge in [-0.25, -0.2) is 4.79 Å². The van der Waals surface area contributed by atoms with Gasteiger partial charge in [0.1, 0.15) is 5.60 Å². The predicted octanol–water partition coefficient (Wildman–Crippen LogP) is 4.02. The van der Waals surface area contributed by atoms with E-state index in [2.05, 4.69) is 13.8 Å². The normalized spacial score (nSPS) is 20.3. The van der Waals surface area contributed by atoms with Gasteiger partial charge in [0.25, 0.3) is 5.91 Å². The second kappa shape index (κ2) is 7.91. The Hall–Kier alpha value is -1.69. The topological polar surface area (TPSA) is 49.9 Å². The fraction of sp³-hybridized carbons (Fsp3) is 0.600. The Morgan fingerprint density at radius 1 is 1.31 bits per heavy atom. The van der Waals surface area contributed by atoms with Gasteiger partial charge in [-0.2, -0.15) is 0 Å². The number of piperidine rings is 1. The minimum absolute atomic E-state index is 0.0744. The summed E-state index contributed by atoms with van der Waals surface area (Å²) in [6, 6.07) is 7.94. The lowest BCUT2D eigenvalue weighted by atomic mass is 9.90. The third-order valence-corrected chi connectivity index (χ3v) is 6.33. The maximum absolute atomic E-state index is 12.9. The lowest BCUT2D eigenvalue weighted by molar-refractivity contribution is 0.00297. The van der Waals surface area contributed by atoms with Crippen molar-refractivity contribution in [1.82, 2.24) is 9.80 Å². The summed E-state index contributed by atoms with van der Waals surface area (Å²) in [5.74, 6) is 0.0744. The average Bonchev–Trinajstić information content (AvgIpc) is 2.98. The minimum atomic E-state index is -0.422. The van der Waals surface area contributed by atoms with Crippen molar-refractivity contribution in [1.29, 1.82) is 0 Å². The molecule has 2 aliphatic rings. The van der Waals surface area contributed by atoms with Crippen molar-refractivity contribution in [2.24, 2.45) is 0 Å². The van der Waals surface area contributed by atoms with Gasteiger partial charge in [0.05, 0.1) is 12.1 Å². The SMILES string of the molecule is CCC[C@@H](C)N1CC2(CCN(C(=O)c3ccccc3SC)CC2)OC1=O. The molecule has 6 heteroatoms. The van der Waals surface area contributed by atoms with Crippen molar-refractivity contribution in [2.45, 2.75) is 56.1 Å². The van der Waals surface area contributed by atoms with Gasteiger partial charge in [0, 0.05) is 36.9 Å². The quantitative estimate of drug-likeness (QED) is 0.728. The molecule has 2 amide bonds. The molecule has 0 aromatic heterocycles. The molecule has 0 unspecified atom stereocenters. The minimum Gasteiger partial charge on any atom is -0.441 e. The van der Waals surface area contributed by atoms with Gasteiger partial charge in [-0.05, 0) is 31.7 Å². The summed E-state index contributed by atoms with van der Waals surface area (Å²) >= 11 is 1.59. The number of ether oxygens (including phenoxy) is 1. The number of hydrogen-bond donors (Lipinski definition) is 0. The molecule has 0 aliphatic carbocycles. The van der Waals surface area contributed by atoms with Crippen LogP contribution in [-0.2, 0) is 4.74 Å². The van der Waals surface area contributed by atoms with Crippen LogP contribution in [0.1, 0.15) is 49.9 Å². The molecule has 1 aromatic rings. The van der Waals surface area contributed by atoms with E-state index in [0.29, 0.717) is 32.5 Å². The number of nitrogens with zero attached hydrogens (tertiary/aromatic N) is 2. The Labute approximate surface area is 160 Å². The molecule has 1 aromatic carbocycles. The molecule has 26 heavy (non-hydrogen) atoms. The van der Waals surface area contributed by atoms with Crippen LogP contribution in [0.2, 0.25) is 0 Å². The Bertz CT molecular complexity index is 671. The lowest BCUT2D eigenvalue weighted by Gasteiger charge is -2.37. The molecule has 2 fully saturated rings. The first-order chi connectivity index (χ1) is 12.5. The number of carbonyl (C=O) groups excluding carboxylic acids is 2. The van der Waals surface area contributed by atoms with E-state index in [4.69, 9.17) is 4.74 Å². The Morgan fingerprint density at radius 2 is 2.00 bits per heavy atom. The van der Waals surface area contributed by atoms with Crippen LogP contribution in [0.4, 0.5) is 4.79 Å². The van der Waals surface area contributed by atoms with Crippen LogP contribution in [-0.4, -0.2) is 59.3 Å². The number of rotatable bonds is 5. The van der Waals surface area contributed by atoms with Gasteiger partial charge in [-0.3, -0.25) is 4.79 Å². The Balaban J connectivity index is 1.64. The molecule has 0 saturated carbocycles. The van der Waals surface area contributed by atoms with Gasteiger partial charge in [-0.15, -0.1) is 11.8 Å².